The lowest BCUT2D eigenvalue weighted by Gasteiger charge is -2.23. The van der Waals surface area contributed by atoms with Gasteiger partial charge in [-0.15, -0.1) is 0 Å². The second-order valence-electron chi connectivity index (χ2n) is 8.12. The molecule has 1 amide bonds. The van der Waals surface area contributed by atoms with Crippen molar-refractivity contribution in [2.24, 2.45) is 0 Å². The first-order chi connectivity index (χ1) is 17.5. The van der Waals surface area contributed by atoms with E-state index in [1.165, 1.54) is 36.4 Å². The number of ether oxygens (including phenoxy) is 2. The van der Waals surface area contributed by atoms with Crippen LogP contribution < -0.4 is 4.74 Å². The standard InChI is InChI=1S/C28H27F2N3O3/c1-3-26-25(19-32(16-17-35-2)27(34)20-12-14-21(29)15-13-20)28(36-24-11-7-8-22(30)18-24)33(31-26)23-9-5-4-6-10-23/h4-15,18H,3,16-17,19H2,1-2H3. The van der Waals surface area contributed by atoms with Crippen LogP contribution in [-0.2, 0) is 17.7 Å². The maximum atomic E-state index is 13.9. The Hall–Kier alpha value is -4.04. The summed E-state index contributed by atoms with van der Waals surface area (Å²) in [6.45, 7) is 2.74. The van der Waals surface area contributed by atoms with E-state index in [4.69, 9.17) is 14.6 Å². The van der Waals surface area contributed by atoms with Gasteiger partial charge in [0, 0.05) is 25.3 Å². The van der Waals surface area contributed by atoms with Gasteiger partial charge < -0.3 is 14.4 Å². The van der Waals surface area contributed by atoms with Crippen molar-refractivity contribution in [1.82, 2.24) is 14.7 Å². The summed E-state index contributed by atoms with van der Waals surface area (Å²) in [7, 11) is 1.56. The molecule has 3 aromatic carbocycles. The largest absolute Gasteiger partial charge is 0.438 e. The van der Waals surface area contributed by atoms with Crippen molar-refractivity contribution in [1.29, 1.82) is 0 Å². The zero-order chi connectivity index (χ0) is 25.5. The number of para-hydroxylation sites is 1. The Labute approximate surface area is 208 Å². The molecule has 0 fully saturated rings. The molecule has 0 saturated heterocycles. The lowest BCUT2D eigenvalue weighted by molar-refractivity contribution is 0.0679. The number of hydrogen-bond acceptors (Lipinski definition) is 4. The van der Waals surface area contributed by atoms with E-state index < -0.39 is 11.6 Å². The SMILES string of the molecule is CCc1nn(-c2ccccc2)c(Oc2cccc(F)c2)c1CN(CCOC)C(=O)c1ccc(F)cc1. The fourth-order valence-electron chi connectivity index (χ4n) is 3.83. The van der Waals surface area contributed by atoms with Crippen LogP contribution in [0.3, 0.4) is 0 Å². The molecule has 0 aliphatic carbocycles. The third-order valence-electron chi connectivity index (χ3n) is 5.66. The molecule has 186 valence electrons. The molecule has 6 nitrogen and oxygen atoms in total. The Balaban J connectivity index is 1.78. The molecule has 4 rings (SSSR count). The van der Waals surface area contributed by atoms with Crippen LogP contribution in [0.5, 0.6) is 11.6 Å². The number of carbonyl (C=O) groups is 1. The van der Waals surface area contributed by atoms with E-state index in [0.717, 1.165) is 11.4 Å². The van der Waals surface area contributed by atoms with Gasteiger partial charge in [-0.25, -0.2) is 13.5 Å². The molecular weight excluding hydrogens is 464 g/mol. The minimum absolute atomic E-state index is 0.167. The van der Waals surface area contributed by atoms with E-state index in [0.29, 0.717) is 42.3 Å². The number of nitrogens with zero attached hydrogens (tertiary/aromatic N) is 3. The molecule has 1 heterocycles. The van der Waals surface area contributed by atoms with Gasteiger partial charge in [-0.05, 0) is 55.0 Å². The first-order valence-electron chi connectivity index (χ1n) is 11.6. The molecule has 8 heteroatoms. The molecule has 0 aliphatic rings. The van der Waals surface area contributed by atoms with Crippen LogP contribution in [0.25, 0.3) is 5.69 Å². The van der Waals surface area contributed by atoms with Gasteiger partial charge in [-0.2, -0.15) is 5.10 Å². The first-order valence-corrected chi connectivity index (χ1v) is 11.6. The summed E-state index contributed by atoms with van der Waals surface area (Å²) >= 11 is 0. The molecule has 0 bridgehead atoms. The normalized spacial score (nSPS) is 10.9. The van der Waals surface area contributed by atoms with Crippen LogP contribution in [0, 0.1) is 11.6 Å². The summed E-state index contributed by atoms with van der Waals surface area (Å²) in [6.07, 6.45) is 0.581. The second-order valence-corrected chi connectivity index (χ2v) is 8.12. The van der Waals surface area contributed by atoms with Crippen LogP contribution in [0.2, 0.25) is 0 Å². The number of hydrogen-bond donors (Lipinski definition) is 0. The highest BCUT2D eigenvalue weighted by Gasteiger charge is 2.25. The maximum absolute atomic E-state index is 13.9. The number of methoxy groups -OCH3 is 1. The molecule has 0 N–H and O–H groups in total. The molecule has 0 atom stereocenters. The zero-order valence-electron chi connectivity index (χ0n) is 20.2. The fraction of sp³-hybridized carbons (Fsp3) is 0.214. The van der Waals surface area contributed by atoms with Gasteiger partial charge in [-0.1, -0.05) is 31.2 Å². The van der Waals surface area contributed by atoms with Gasteiger partial charge in [0.2, 0.25) is 5.88 Å². The van der Waals surface area contributed by atoms with E-state index in [2.05, 4.69) is 0 Å². The highest BCUT2D eigenvalue weighted by molar-refractivity contribution is 5.94. The van der Waals surface area contributed by atoms with Crippen molar-refractivity contribution < 1.29 is 23.0 Å². The number of aromatic nitrogens is 2. The lowest BCUT2D eigenvalue weighted by Crippen LogP contribution is -2.33. The Bertz CT molecular complexity index is 1310. The summed E-state index contributed by atoms with van der Waals surface area (Å²) in [4.78, 5) is 15.0. The van der Waals surface area contributed by atoms with E-state index in [1.54, 1.807) is 28.8 Å². The summed E-state index contributed by atoms with van der Waals surface area (Å²) in [5.41, 5.74) is 2.54. The minimum atomic E-state index is -0.427. The first kappa shape index (κ1) is 25.1. The summed E-state index contributed by atoms with van der Waals surface area (Å²) in [5.74, 6) is -0.428. The maximum Gasteiger partial charge on any atom is 0.254 e. The monoisotopic (exact) mass is 491 g/mol. The highest BCUT2D eigenvalue weighted by atomic mass is 19.1. The van der Waals surface area contributed by atoms with Gasteiger partial charge in [0.1, 0.15) is 17.4 Å². The van der Waals surface area contributed by atoms with E-state index in [9.17, 15) is 13.6 Å². The Morgan fingerprint density at radius 3 is 2.39 bits per heavy atom. The molecule has 0 spiro atoms. The predicted molar refractivity (Wildman–Crippen MR) is 132 cm³/mol. The molecule has 0 unspecified atom stereocenters. The summed E-state index contributed by atoms with van der Waals surface area (Å²) in [6, 6.07) is 20.7. The molecule has 0 aliphatic heterocycles. The molecule has 0 radical (unpaired) electrons. The van der Waals surface area contributed by atoms with Gasteiger partial charge >= 0.3 is 0 Å². The van der Waals surface area contributed by atoms with E-state index in [1.807, 2.05) is 37.3 Å². The van der Waals surface area contributed by atoms with Crippen LogP contribution in [-0.4, -0.2) is 40.8 Å². The minimum Gasteiger partial charge on any atom is -0.438 e. The Morgan fingerprint density at radius 2 is 1.72 bits per heavy atom. The predicted octanol–water partition coefficient (Wildman–Crippen LogP) is 5.79. The van der Waals surface area contributed by atoms with Crippen LogP contribution in [0.4, 0.5) is 8.78 Å². The molecular formula is C28H27F2N3O3. The van der Waals surface area contributed by atoms with Crippen molar-refractivity contribution in [2.45, 2.75) is 19.9 Å². The second kappa shape index (κ2) is 11.6. The third kappa shape index (κ3) is 5.78. The van der Waals surface area contributed by atoms with Crippen molar-refractivity contribution >= 4 is 5.91 Å². The molecule has 36 heavy (non-hydrogen) atoms. The van der Waals surface area contributed by atoms with Crippen LogP contribution in [0.1, 0.15) is 28.5 Å². The zero-order valence-corrected chi connectivity index (χ0v) is 20.2. The average molecular weight is 492 g/mol. The summed E-state index contributed by atoms with van der Waals surface area (Å²) < 4.78 is 40.5. The van der Waals surface area contributed by atoms with Gasteiger partial charge in [0.15, 0.2) is 0 Å². The quantitative estimate of drug-likeness (QED) is 0.282. The number of carbonyl (C=O) groups excluding carboxylic acids is 1. The molecule has 1 aromatic heterocycles. The van der Waals surface area contributed by atoms with E-state index >= 15 is 0 Å². The number of amides is 1. The smallest absolute Gasteiger partial charge is 0.254 e. The molecule has 4 aromatic rings. The Morgan fingerprint density at radius 1 is 0.972 bits per heavy atom. The topological polar surface area (TPSA) is 56.6 Å². The number of benzene rings is 3. The third-order valence-corrected chi connectivity index (χ3v) is 5.66. The lowest BCUT2D eigenvalue weighted by atomic mass is 10.1. The van der Waals surface area contributed by atoms with Gasteiger partial charge in [-0.3, -0.25) is 4.79 Å². The molecule has 0 saturated carbocycles. The van der Waals surface area contributed by atoms with E-state index in [-0.39, 0.29) is 12.5 Å². The van der Waals surface area contributed by atoms with Crippen LogP contribution in [0.15, 0.2) is 78.9 Å². The number of rotatable bonds is 10. The fourth-order valence-corrected chi connectivity index (χ4v) is 3.83. The van der Waals surface area contributed by atoms with Crippen LogP contribution >= 0.6 is 0 Å². The van der Waals surface area contributed by atoms with Crippen molar-refractivity contribution in [2.75, 3.05) is 20.3 Å². The summed E-state index contributed by atoms with van der Waals surface area (Å²) in [5, 5.41) is 4.77. The highest BCUT2D eigenvalue weighted by Crippen LogP contribution is 2.32. The Kier molecular flexibility index (Phi) is 8.07. The van der Waals surface area contributed by atoms with Crippen molar-refractivity contribution in [3.63, 3.8) is 0 Å². The number of halogens is 2. The average Bonchev–Trinajstić information content (AvgIpc) is 3.23. The number of aryl methyl sites for hydroxylation is 1. The van der Waals surface area contributed by atoms with Gasteiger partial charge in [0.05, 0.1) is 30.1 Å². The van der Waals surface area contributed by atoms with Gasteiger partial charge in [0.25, 0.3) is 5.91 Å². The van der Waals surface area contributed by atoms with Crippen molar-refractivity contribution in [3.05, 3.63) is 107 Å². The van der Waals surface area contributed by atoms with Crippen molar-refractivity contribution in [3.8, 4) is 17.3 Å².